The third-order valence-corrected chi connectivity index (χ3v) is 5.78. The van der Waals surface area contributed by atoms with Crippen molar-refractivity contribution in [3.63, 3.8) is 0 Å². The number of rotatable bonds is 11. The highest BCUT2D eigenvalue weighted by molar-refractivity contribution is 6.30. The summed E-state index contributed by atoms with van der Waals surface area (Å²) in [5.41, 5.74) is 3.27. The summed E-state index contributed by atoms with van der Waals surface area (Å²) >= 11 is 5.88. The van der Waals surface area contributed by atoms with E-state index in [2.05, 4.69) is 10.5 Å². The SMILES string of the molecule is O=C(O)C(CNCc1ccc(Cl)cc1)C(O)c1cc(-c2ccc(OCc3ccccc3)cc2)no1. The van der Waals surface area contributed by atoms with Crippen molar-refractivity contribution in [3.8, 4) is 17.0 Å². The molecule has 1 aromatic heterocycles. The van der Waals surface area contributed by atoms with Crippen LogP contribution in [0.1, 0.15) is 23.0 Å². The minimum absolute atomic E-state index is 0.0443. The molecule has 4 rings (SSSR count). The van der Waals surface area contributed by atoms with E-state index in [1.807, 2.05) is 66.7 Å². The summed E-state index contributed by atoms with van der Waals surface area (Å²) in [5.74, 6) is -1.46. The molecule has 0 radical (unpaired) electrons. The van der Waals surface area contributed by atoms with E-state index in [0.717, 1.165) is 16.7 Å². The van der Waals surface area contributed by atoms with Crippen molar-refractivity contribution in [1.82, 2.24) is 10.5 Å². The van der Waals surface area contributed by atoms with Crippen LogP contribution in [0.2, 0.25) is 5.02 Å². The van der Waals surface area contributed by atoms with Crippen LogP contribution < -0.4 is 10.1 Å². The number of benzene rings is 3. The molecular weight excluding hydrogens is 468 g/mol. The quantitative estimate of drug-likeness (QED) is 0.267. The van der Waals surface area contributed by atoms with Crippen molar-refractivity contribution in [1.29, 1.82) is 0 Å². The first-order chi connectivity index (χ1) is 17.0. The number of aliphatic hydroxyl groups is 1. The number of hydrogen-bond acceptors (Lipinski definition) is 6. The predicted octanol–water partition coefficient (Wildman–Crippen LogP) is 5.10. The minimum Gasteiger partial charge on any atom is -0.489 e. The van der Waals surface area contributed by atoms with Gasteiger partial charge in [0.25, 0.3) is 0 Å². The van der Waals surface area contributed by atoms with E-state index in [9.17, 15) is 15.0 Å². The normalized spacial score (nSPS) is 12.7. The van der Waals surface area contributed by atoms with Crippen molar-refractivity contribution in [2.24, 2.45) is 5.92 Å². The summed E-state index contributed by atoms with van der Waals surface area (Å²) in [6.07, 6.45) is -1.36. The van der Waals surface area contributed by atoms with Gasteiger partial charge < -0.3 is 24.8 Å². The van der Waals surface area contributed by atoms with Crippen LogP contribution in [0.25, 0.3) is 11.3 Å². The molecule has 0 aliphatic rings. The van der Waals surface area contributed by atoms with Crippen LogP contribution in [-0.4, -0.2) is 27.9 Å². The zero-order chi connectivity index (χ0) is 24.6. The number of nitrogens with one attached hydrogen (secondary N) is 1. The molecule has 0 fully saturated rings. The van der Waals surface area contributed by atoms with Gasteiger partial charge in [-0.05, 0) is 47.5 Å². The van der Waals surface area contributed by atoms with Gasteiger partial charge in [0, 0.05) is 29.7 Å². The van der Waals surface area contributed by atoms with Crippen molar-refractivity contribution >= 4 is 17.6 Å². The van der Waals surface area contributed by atoms with Gasteiger partial charge in [0.2, 0.25) is 0 Å². The molecule has 0 saturated heterocycles. The Labute approximate surface area is 207 Å². The molecule has 0 aliphatic heterocycles. The van der Waals surface area contributed by atoms with Crippen molar-refractivity contribution < 1.29 is 24.3 Å². The summed E-state index contributed by atoms with van der Waals surface area (Å²) in [6.45, 7) is 0.944. The number of aliphatic carboxylic acids is 1. The zero-order valence-corrected chi connectivity index (χ0v) is 19.6. The van der Waals surface area contributed by atoms with Gasteiger partial charge in [-0.15, -0.1) is 0 Å². The Morgan fingerprint density at radius 3 is 2.40 bits per heavy atom. The lowest BCUT2D eigenvalue weighted by molar-refractivity contribution is -0.146. The third kappa shape index (κ3) is 6.70. The van der Waals surface area contributed by atoms with Crippen LogP contribution in [0.15, 0.2) is 89.5 Å². The molecule has 0 bridgehead atoms. The van der Waals surface area contributed by atoms with E-state index in [0.29, 0.717) is 29.6 Å². The van der Waals surface area contributed by atoms with Gasteiger partial charge in [0.1, 0.15) is 30.1 Å². The molecule has 1 heterocycles. The van der Waals surface area contributed by atoms with Crippen molar-refractivity contribution in [3.05, 3.63) is 107 Å². The molecule has 7 nitrogen and oxygen atoms in total. The van der Waals surface area contributed by atoms with Gasteiger partial charge in [-0.1, -0.05) is 59.2 Å². The average Bonchev–Trinajstić information content (AvgIpc) is 3.37. The molecule has 3 N–H and O–H groups in total. The van der Waals surface area contributed by atoms with Gasteiger partial charge in [-0.3, -0.25) is 4.79 Å². The summed E-state index contributed by atoms with van der Waals surface area (Å²) in [4.78, 5) is 11.8. The van der Waals surface area contributed by atoms with Crippen LogP contribution in [0.5, 0.6) is 5.75 Å². The molecule has 0 saturated carbocycles. The molecule has 35 heavy (non-hydrogen) atoms. The lowest BCUT2D eigenvalue weighted by Gasteiger charge is -2.17. The van der Waals surface area contributed by atoms with Crippen LogP contribution in [0.3, 0.4) is 0 Å². The first kappa shape index (κ1) is 24.5. The lowest BCUT2D eigenvalue weighted by Crippen LogP contribution is -2.32. The van der Waals surface area contributed by atoms with Crippen LogP contribution >= 0.6 is 11.6 Å². The highest BCUT2D eigenvalue weighted by atomic mass is 35.5. The fourth-order valence-electron chi connectivity index (χ4n) is 3.53. The molecule has 0 spiro atoms. The van der Waals surface area contributed by atoms with E-state index >= 15 is 0 Å². The number of halogens is 1. The van der Waals surface area contributed by atoms with Gasteiger partial charge in [-0.25, -0.2) is 0 Å². The van der Waals surface area contributed by atoms with Crippen LogP contribution in [0.4, 0.5) is 0 Å². The minimum atomic E-state index is -1.36. The number of nitrogens with zero attached hydrogens (tertiary/aromatic N) is 1. The Morgan fingerprint density at radius 1 is 1.00 bits per heavy atom. The Morgan fingerprint density at radius 2 is 1.71 bits per heavy atom. The average molecular weight is 493 g/mol. The lowest BCUT2D eigenvalue weighted by atomic mass is 9.99. The molecule has 4 aromatic rings. The molecule has 0 amide bonds. The maximum Gasteiger partial charge on any atom is 0.310 e. The number of ether oxygens (including phenoxy) is 1. The van der Waals surface area contributed by atoms with Crippen LogP contribution in [0, 0.1) is 5.92 Å². The van der Waals surface area contributed by atoms with Crippen molar-refractivity contribution in [2.75, 3.05) is 6.54 Å². The number of carbonyl (C=O) groups is 1. The largest absolute Gasteiger partial charge is 0.489 e. The number of carboxylic acids is 1. The van der Waals surface area contributed by atoms with Gasteiger partial charge in [0.05, 0.1) is 0 Å². The molecule has 180 valence electrons. The highest BCUT2D eigenvalue weighted by Crippen LogP contribution is 2.28. The highest BCUT2D eigenvalue weighted by Gasteiger charge is 2.30. The molecule has 3 aromatic carbocycles. The van der Waals surface area contributed by atoms with Gasteiger partial charge in [0.15, 0.2) is 5.76 Å². The Balaban J connectivity index is 1.35. The smallest absolute Gasteiger partial charge is 0.310 e. The van der Waals surface area contributed by atoms with E-state index < -0.39 is 18.0 Å². The Bertz CT molecular complexity index is 1230. The van der Waals surface area contributed by atoms with Gasteiger partial charge >= 0.3 is 5.97 Å². The number of aromatic nitrogens is 1. The first-order valence-electron chi connectivity index (χ1n) is 11.1. The molecule has 2 atom stereocenters. The first-order valence-corrected chi connectivity index (χ1v) is 11.5. The Hall–Kier alpha value is -3.65. The number of carboxylic acid groups (broad SMARTS) is 1. The summed E-state index contributed by atoms with van der Waals surface area (Å²) in [7, 11) is 0. The summed E-state index contributed by atoms with van der Waals surface area (Å²) in [5, 5.41) is 28.0. The van der Waals surface area contributed by atoms with Crippen molar-refractivity contribution in [2.45, 2.75) is 19.3 Å². The number of hydrogen-bond donors (Lipinski definition) is 3. The van der Waals surface area contributed by atoms with E-state index in [1.54, 1.807) is 18.2 Å². The standard InChI is InChI=1S/C27H25ClN2O5/c28-21-10-6-18(7-11-21)15-29-16-23(27(32)33)26(31)25-14-24(30-35-25)20-8-12-22(13-9-20)34-17-19-4-2-1-3-5-19/h1-14,23,26,29,31H,15-17H2,(H,32,33). The topological polar surface area (TPSA) is 105 Å². The zero-order valence-electron chi connectivity index (χ0n) is 18.8. The number of aliphatic hydroxyl groups excluding tert-OH is 1. The summed E-state index contributed by atoms with van der Waals surface area (Å²) < 4.78 is 11.1. The Kier molecular flexibility index (Phi) is 8.15. The second kappa shape index (κ2) is 11.7. The molecular formula is C27H25ClN2O5. The van der Waals surface area contributed by atoms with E-state index in [4.69, 9.17) is 20.9 Å². The third-order valence-electron chi connectivity index (χ3n) is 5.52. The second-order valence-electron chi connectivity index (χ2n) is 8.06. The molecule has 2 unspecified atom stereocenters. The maximum absolute atomic E-state index is 11.8. The van der Waals surface area contributed by atoms with Crippen LogP contribution in [-0.2, 0) is 17.9 Å². The molecule has 8 heteroatoms. The molecule has 0 aliphatic carbocycles. The fourth-order valence-corrected chi connectivity index (χ4v) is 3.66. The second-order valence-corrected chi connectivity index (χ2v) is 8.50. The van der Waals surface area contributed by atoms with E-state index in [-0.39, 0.29) is 12.3 Å². The van der Waals surface area contributed by atoms with Gasteiger partial charge in [-0.2, -0.15) is 0 Å². The maximum atomic E-state index is 11.8. The predicted molar refractivity (Wildman–Crippen MR) is 132 cm³/mol. The van der Waals surface area contributed by atoms with E-state index in [1.165, 1.54) is 0 Å². The summed E-state index contributed by atoms with van der Waals surface area (Å²) in [6, 6.07) is 26.0. The fraction of sp³-hybridized carbons (Fsp3) is 0.185. The monoisotopic (exact) mass is 492 g/mol.